The number of rotatable bonds is 4. The first-order valence-corrected chi connectivity index (χ1v) is 7.02. The van der Waals surface area contributed by atoms with Crippen LogP contribution in [0.25, 0.3) is 5.65 Å². The van der Waals surface area contributed by atoms with Crippen molar-refractivity contribution in [1.82, 2.24) is 25.1 Å². The number of hydrogen-bond acceptors (Lipinski definition) is 5. The predicted molar refractivity (Wildman–Crippen MR) is 79.0 cm³/mol. The average Bonchev–Trinajstić information content (AvgIpc) is 3.02. The lowest BCUT2D eigenvalue weighted by molar-refractivity contribution is 0.363. The number of nitrogens with zero attached hydrogens (tertiary/aromatic N) is 4. The van der Waals surface area contributed by atoms with E-state index in [0.717, 1.165) is 34.1 Å². The molecule has 0 bridgehead atoms. The van der Waals surface area contributed by atoms with Crippen LogP contribution in [0.15, 0.2) is 22.9 Å². The van der Waals surface area contributed by atoms with Crippen molar-refractivity contribution in [1.29, 1.82) is 0 Å². The maximum absolute atomic E-state index is 5.21. The van der Waals surface area contributed by atoms with Gasteiger partial charge in [0.25, 0.3) is 0 Å². The molecule has 0 aromatic carbocycles. The second-order valence-electron chi connectivity index (χ2n) is 5.39. The molecule has 1 N–H and O–H groups in total. The smallest absolute Gasteiger partial charge is 0.155 e. The maximum Gasteiger partial charge on any atom is 0.155 e. The monoisotopic (exact) mass is 285 g/mol. The second kappa shape index (κ2) is 5.29. The second-order valence-corrected chi connectivity index (χ2v) is 5.39. The Hall–Kier alpha value is -2.21. The standard InChI is InChI=1S/C15H19N5O/c1-9-6-15-17-8-14(12(4)20(15)18-9)11(3)16-7-13-5-10(2)19-21-13/h5-6,8,11,16H,7H2,1-4H3. The summed E-state index contributed by atoms with van der Waals surface area (Å²) in [6, 6.07) is 4.06. The number of aryl methyl sites for hydroxylation is 3. The highest BCUT2D eigenvalue weighted by Gasteiger charge is 2.13. The fourth-order valence-electron chi connectivity index (χ4n) is 2.46. The largest absolute Gasteiger partial charge is 0.360 e. The highest BCUT2D eigenvalue weighted by atomic mass is 16.5. The zero-order valence-corrected chi connectivity index (χ0v) is 12.7. The van der Waals surface area contributed by atoms with E-state index in [1.807, 2.05) is 36.7 Å². The van der Waals surface area contributed by atoms with Gasteiger partial charge in [0, 0.05) is 35.6 Å². The van der Waals surface area contributed by atoms with E-state index in [4.69, 9.17) is 4.52 Å². The van der Waals surface area contributed by atoms with Crippen LogP contribution in [0.2, 0.25) is 0 Å². The first-order chi connectivity index (χ1) is 10.0. The van der Waals surface area contributed by atoms with Crippen molar-refractivity contribution in [3.8, 4) is 0 Å². The lowest BCUT2D eigenvalue weighted by Gasteiger charge is -2.15. The van der Waals surface area contributed by atoms with Gasteiger partial charge in [-0.15, -0.1) is 0 Å². The molecule has 6 nitrogen and oxygen atoms in total. The number of aromatic nitrogens is 4. The summed E-state index contributed by atoms with van der Waals surface area (Å²) in [5.41, 5.74) is 4.97. The van der Waals surface area contributed by atoms with Crippen LogP contribution in [0.4, 0.5) is 0 Å². The summed E-state index contributed by atoms with van der Waals surface area (Å²) in [6.07, 6.45) is 1.91. The topological polar surface area (TPSA) is 68.2 Å². The van der Waals surface area contributed by atoms with Crippen LogP contribution in [-0.2, 0) is 6.54 Å². The molecule has 0 aliphatic carbocycles. The summed E-state index contributed by atoms with van der Waals surface area (Å²) in [5, 5.41) is 11.8. The Labute approximate surface area is 123 Å². The van der Waals surface area contributed by atoms with Gasteiger partial charge in [-0.1, -0.05) is 5.16 Å². The summed E-state index contributed by atoms with van der Waals surface area (Å²) in [6.45, 7) is 8.69. The number of fused-ring (bicyclic) bond motifs is 1. The minimum atomic E-state index is 0.150. The highest BCUT2D eigenvalue weighted by Crippen LogP contribution is 2.18. The van der Waals surface area contributed by atoms with E-state index in [0.29, 0.717) is 6.54 Å². The van der Waals surface area contributed by atoms with E-state index >= 15 is 0 Å². The first kappa shape index (κ1) is 13.8. The van der Waals surface area contributed by atoms with Crippen LogP contribution in [-0.4, -0.2) is 19.8 Å². The molecule has 0 spiro atoms. The summed E-state index contributed by atoms with van der Waals surface area (Å²) in [4.78, 5) is 4.47. The van der Waals surface area contributed by atoms with E-state index in [1.165, 1.54) is 0 Å². The van der Waals surface area contributed by atoms with Crippen LogP contribution in [0.5, 0.6) is 0 Å². The summed E-state index contributed by atoms with van der Waals surface area (Å²) < 4.78 is 7.10. The molecule has 0 radical (unpaired) electrons. The van der Waals surface area contributed by atoms with Gasteiger partial charge in [-0.05, 0) is 27.7 Å². The predicted octanol–water partition coefficient (Wildman–Crippen LogP) is 2.49. The molecule has 3 aromatic rings. The minimum Gasteiger partial charge on any atom is -0.360 e. The molecule has 0 aliphatic rings. The number of nitrogens with one attached hydrogen (secondary N) is 1. The third kappa shape index (κ3) is 2.67. The van der Waals surface area contributed by atoms with Crippen LogP contribution < -0.4 is 5.32 Å². The van der Waals surface area contributed by atoms with Gasteiger partial charge in [0.15, 0.2) is 11.4 Å². The summed E-state index contributed by atoms with van der Waals surface area (Å²) in [7, 11) is 0. The van der Waals surface area contributed by atoms with Crippen molar-refractivity contribution < 1.29 is 4.52 Å². The molecule has 1 atom stereocenters. The van der Waals surface area contributed by atoms with E-state index in [-0.39, 0.29) is 6.04 Å². The van der Waals surface area contributed by atoms with Gasteiger partial charge >= 0.3 is 0 Å². The molecule has 0 amide bonds. The molecule has 0 aliphatic heterocycles. The Balaban J connectivity index is 1.80. The van der Waals surface area contributed by atoms with Crippen molar-refractivity contribution in [3.05, 3.63) is 46.7 Å². The summed E-state index contributed by atoms with van der Waals surface area (Å²) >= 11 is 0. The van der Waals surface area contributed by atoms with E-state index < -0.39 is 0 Å². The molecule has 3 heterocycles. The zero-order valence-electron chi connectivity index (χ0n) is 12.7. The van der Waals surface area contributed by atoms with Crippen LogP contribution in [0.1, 0.15) is 41.4 Å². The Morgan fingerprint density at radius 2 is 2.05 bits per heavy atom. The van der Waals surface area contributed by atoms with Gasteiger partial charge in [0.2, 0.25) is 0 Å². The molecule has 3 rings (SSSR count). The average molecular weight is 285 g/mol. The van der Waals surface area contributed by atoms with Gasteiger partial charge < -0.3 is 9.84 Å². The van der Waals surface area contributed by atoms with Crippen LogP contribution >= 0.6 is 0 Å². The third-order valence-electron chi connectivity index (χ3n) is 3.61. The van der Waals surface area contributed by atoms with E-state index in [9.17, 15) is 0 Å². The molecule has 0 saturated heterocycles. The Kier molecular flexibility index (Phi) is 3.47. The molecular formula is C15H19N5O. The minimum absolute atomic E-state index is 0.150. The van der Waals surface area contributed by atoms with Crippen molar-refractivity contribution in [3.63, 3.8) is 0 Å². The van der Waals surface area contributed by atoms with E-state index in [1.54, 1.807) is 0 Å². The molecule has 6 heteroatoms. The quantitative estimate of drug-likeness (QED) is 0.797. The Morgan fingerprint density at radius 1 is 1.24 bits per heavy atom. The normalized spacial score (nSPS) is 13.0. The molecule has 21 heavy (non-hydrogen) atoms. The van der Waals surface area contributed by atoms with Gasteiger partial charge in [-0.25, -0.2) is 9.50 Å². The van der Waals surface area contributed by atoms with Crippen molar-refractivity contribution in [2.45, 2.75) is 40.3 Å². The van der Waals surface area contributed by atoms with Crippen molar-refractivity contribution >= 4 is 5.65 Å². The van der Waals surface area contributed by atoms with Crippen molar-refractivity contribution in [2.75, 3.05) is 0 Å². The Bertz CT molecular complexity index is 774. The van der Waals surface area contributed by atoms with Gasteiger partial charge in [0.1, 0.15) is 0 Å². The fourth-order valence-corrected chi connectivity index (χ4v) is 2.46. The Morgan fingerprint density at radius 3 is 2.76 bits per heavy atom. The van der Waals surface area contributed by atoms with Gasteiger partial charge in [0.05, 0.1) is 17.9 Å². The van der Waals surface area contributed by atoms with Crippen molar-refractivity contribution in [2.24, 2.45) is 0 Å². The molecule has 1 unspecified atom stereocenters. The molecule has 110 valence electrons. The lowest BCUT2D eigenvalue weighted by Crippen LogP contribution is -2.20. The van der Waals surface area contributed by atoms with E-state index in [2.05, 4.69) is 34.4 Å². The van der Waals surface area contributed by atoms with Crippen LogP contribution in [0, 0.1) is 20.8 Å². The molecule has 0 fully saturated rings. The SMILES string of the molecule is Cc1cc(CNC(C)c2cnc3cc(C)nn3c2C)on1. The zero-order chi connectivity index (χ0) is 15.0. The molecule has 3 aromatic heterocycles. The van der Waals surface area contributed by atoms with Gasteiger partial charge in [-0.2, -0.15) is 5.10 Å². The summed E-state index contributed by atoms with van der Waals surface area (Å²) in [5.74, 6) is 0.834. The fraction of sp³-hybridized carbons (Fsp3) is 0.400. The highest BCUT2D eigenvalue weighted by molar-refractivity contribution is 5.42. The number of hydrogen-bond donors (Lipinski definition) is 1. The van der Waals surface area contributed by atoms with Gasteiger partial charge in [-0.3, -0.25) is 0 Å². The van der Waals surface area contributed by atoms with Crippen LogP contribution in [0.3, 0.4) is 0 Å². The lowest BCUT2D eigenvalue weighted by atomic mass is 10.1. The molecule has 0 saturated carbocycles. The first-order valence-electron chi connectivity index (χ1n) is 7.02. The molecular weight excluding hydrogens is 266 g/mol. The third-order valence-corrected chi connectivity index (χ3v) is 3.61. The maximum atomic E-state index is 5.21.